The Bertz CT molecular complexity index is 773. The summed E-state index contributed by atoms with van der Waals surface area (Å²) < 4.78 is 16.2. The van der Waals surface area contributed by atoms with Gasteiger partial charge in [-0.05, 0) is 72.8 Å². The van der Waals surface area contributed by atoms with E-state index in [9.17, 15) is 5.11 Å². The van der Waals surface area contributed by atoms with Crippen LogP contribution in [-0.4, -0.2) is 33.0 Å². The summed E-state index contributed by atoms with van der Waals surface area (Å²) in [5.41, 5.74) is 4.71. The fourth-order valence-corrected chi connectivity index (χ4v) is 3.47. The Morgan fingerprint density at radius 1 is 1.00 bits per heavy atom. The second-order valence-corrected chi connectivity index (χ2v) is 6.32. The van der Waals surface area contributed by atoms with Gasteiger partial charge in [0.2, 0.25) is 0 Å². The number of methoxy groups -OCH3 is 3. The van der Waals surface area contributed by atoms with Crippen molar-refractivity contribution in [1.82, 2.24) is 5.32 Å². The minimum Gasteiger partial charge on any atom is -0.504 e. The van der Waals surface area contributed by atoms with Crippen molar-refractivity contribution >= 4 is 0 Å². The third kappa shape index (κ3) is 3.37. The van der Waals surface area contributed by atoms with E-state index in [-0.39, 0.29) is 11.8 Å². The first kappa shape index (κ1) is 17.4. The smallest absolute Gasteiger partial charge is 0.161 e. The molecule has 5 nitrogen and oxygen atoms in total. The monoisotopic (exact) mass is 343 g/mol. The number of benzene rings is 2. The van der Waals surface area contributed by atoms with Gasteiger partial charge in [-0.15, -0.1) is 0 Å². The topological polar surface area (TPSA) is 60.0 Å². The van der Waals surface area contributed by atoms with Crippen molar-refractivity contribution < 1.29 is 19.3 Å². The van der Waals surface area contributed by atoms with E-state index in [4.69, 9.17) is 14.2 Å². The van der Waals surface area contributed by atoms with Gasteiger partial charge in [0.25, 0.3) is 0 Å². The number of fused-ring (bicyclic) bond motifs is 1. The minimum atomic E-state index is 0.173. The molecule has 0 bridgehead atoms. The maximum Gasteiger partial charge on any atom is 0.161 e. The van der Waals surface area contributed by atoms with Crippen LogP contribution >= 0.6 is 0 Å². The van der Waals surface area contributed by atoms with Gasteiger partial charge in [0.15, 0.2) is 23.0 Å². The predicted molar refractivity (Wildman–Crippen MR) is 97.1 cm³/mol. The van der Waals surface area contributed by atoms with Crippen molar-refractivity contribution in [2.24, 2.45) is 0 Å². The zero-order valence-corrected chi connectivity index (χ0v) is 15.2. The second-order valence-electron chi connectivity index (χ2n) is 6.32. The molecule has 0 amide bonds. The van der Waals surface area contributed by atoms with Gasteiger partial charge in [-0.25, -0.2) is 0 Å². The lowest BCUT2D eigenvalue weighted by Gasteiger charge is -2.29. The van der Waals surface area contributed by atoms with Gasteiger partial charge in [-0.3, -0.25) is 0 Å². The number of hydrogen-bond acceptors (Lipinski definition) is 5. The largest absolute Gasteiger partial charge is 0.504 e. The molecule has 0 saturated heterocycles. The molecule has 2 aromatic carbocycles. The van der Waals surface area contributed by atoms with E-state index in [2.05, 4.69) is 17.4 Å². The predicted octanol–water partition coefficient (Wildman–Crippen LogP) is 3.16. The molecule has 0 fully saturated rings. The summed E-state index contributed by atoms with van der Waals surface area (Å²) in [5, 5.41) is 13.5. The normalized spacial score (nSPS) is 16.2. The summed E-state index contributed by atoms with van der Waals surface area (Å²) in [5.74, 6) is 2.19. The molecule has 1 heterocycles. The van der Waals surface area contributed by atoms with Crippen molar-refractivity contribution in [2.75, 3.05) is 27.9 Å². The molecule has 134 valence electrons. The minimum absolute atomic E-state index is 0.173. The highest BCUT2D eigenvalue weighted by Gasteiger charge is 2.23. The van der Waals surface area contributed by atoms with Crippen molar-refractivity contribution in [3.05, 3.63) is 46.5 Å². The van der Waals surface area contributed by atoms with Crippen LogP contribution in [0.3, 0.4) is 0 Å². The van der Waals surface area contributed by atoms with E-state index in [0.717, 1.165) is 42.0 Å². The van der Waals surface area contributed by atoms with Crippen LogP contribution in [0.1, 0.15) is 28.3 Å². The quantitative estimate of drug-likeness (QED) is 0.873. The van der Waals surface area contributed by atoms with E-state index in [1.807, 2.05) is 13.0 Å². The van der Waals surface area contributed by atoms with Gasteiger partial charge in [-0.1, -0.05) is 0 Å². The lowest BCUT2D eigenvalue weighted by Crippen LogP contribution is -2.31. The van der Waals surface area contributed by atoms with E-state index in [1.165, 1.54) is 11.1 Å². The summed E-state index contributed by atoms with van der Waals surface area (Å²) in [6.45, 7) is 2.92. The number of aryl methyl sites for hydroxylation is 1. The lowest BCUT2D eigenvalue weighted by molar-refractivity contribution is 0.352. The Labute approximate surface area is 148 Å². The standard InChI is InChI=1S/C20H25NO4/c1-12-7-17(22)18(23-2)10-14(12)8-16-15-11-20(25-4)19(24-3)9-13(15)5-6-21-16/h7,9-11,16,21-22H,5-6,8H2,1-4H3/t16-/m0/s1. The fourth-order valence-electron chi connectivity index (χ4n) is 3.47. The molecule has 0 radical (unpaired) electrons. The average Bonchev–Trinajstić information content (AvgIpc) is 2.62. The van der Waals surface area contributed by atoms with Gasteiger partial charge in [0.05, 0.1) is 21.3 Å². The van der Waals surface area contributed by atoms with Crippen molar-refractivity contribution in [3.8, 4) is 23.0 Å². The molecular weight excluding hydrogens is 318 g/mol. The third-order valence-corrected chi connectivity index (χ3v) is 4.87. The van der Waals surface area contributed by atoms with Crippen LogP contribution in [-0.2, 0) is 12.8 Å². The number of aromatic hydroxyl groups is 1. The first-order chi connectivity index (χ1) is 12.1. The molecular formula is C20H25NO4. The second kappa shape index (κ2) is 7.23. The molecule has 0 aliphatic carbocycles. The Morgan fingerprint density at radius 2 is 1.68 bits per heavy atom. The summed E-state index contributed by atoms with van der Waals surface area (Å²) in [6, 6.07) is 7.99. The van der Waals surface area contributed by atoms with Gasteiger partial charge in [0.1, 0.15) is 0 Å². The number of phenolic OH excluding ortho intramolecular Hbond substituents is 1. The van der Waals surface area contributed by atoms with Crippen LogP contribution in [0.25, 0.3) is 0 Å². The zero-order chi connectivity index (χ0) is 18.0. The average molecular weight is 343 g/mol. The molecule has 2 aromatic rings. The Morgan fingerprint density at radius 3 is 2.36 bits per heavy atom. The molecule has 2 N–H and O–H groups in total. The van der Waals surface area contributed by atoms with Crippen LogP contribution in [0.2, 0.25) is 0 Å². The number of rotatable bonds is 5. The van der Waals surface area contributed by atoms with E-state index < -0.39 is 0 Å². The molecule has 3 rings (SSSR count). The SMILES string of the molecule is COc1cc(C[C@@H]2NCCc3cc(OC)c(OC)cc32)c(C)cc1O. The number of hydrogen-bond donors (Lipinski definition) is 2. The summed E-state index contributed by atoms with van der Waals surface area (Å²) in [4.78, 5) is 0. The highest BCUT2D eigenvalue weighted by atomic mass is 16.5. The molecule has 1 aliphatic heterocycles. The van der Waals surface area contributed by atoms with Crippen molar-refractivity contribution in [1.29, 1.82) is 0 Å². The van der Waals surface area contributed by atoms with Gasteiger partial charge in [0, 0.05) is 6.04 Å². The summed E-state index contributed by atoms with van der Waals surface area (Å²) >= 11 is 0. The van der Waals surface area contributed by atoms with Gasteiger partial charge < -0.3 is 24.6 Å². The van der Waals surface area contributed by atoms with Crippen LogP contribution < -0.4 is 19.5 Å². The Kier molecular flexibility index (Phi) is 5.04. The molecule has 0 aromatic heterocycles. The van der Waals surface area contributed by atoms with Crippen molar-refractivity contribution in [3.63, 3.8) is 0 Å². The van der Waals surface area contributed by atoms with E-state index in [0.29, 0.717) is 5.75 Å². The van der Waals surface area contributed by atoms with Crippen molar-refractivity contribution in [2.45, 2.75) is 25.8 Å². The van der Waals surface area contributed by atoms with Crippen LogP contribution in [0, 0.1) is 6.92 Å². The zero-order valence-electron chi connectivity index (χ0n) is 15.2. The molecule has 0 spiro atoms. The highest BCUT2D eigenvalue weighted by molar-refractivity contribution is 5.51. The molecule has 1 aliphatic rings. The molecule has 5 heteroatoms. The van der Waals surface area contributed by atoms with Gasteiger partial charge >= 0.3 is 0 Å². The molecule has 25 heavy (non-hydrogen) atoms. The molecule has 0 unspecified atom stereocenters. The Hall–Kier alpha value is -2.40. The van der Waals surface area contributed by atoms with Gasteiger partial charge in [-0.2, -0.15) is 0 Å². The summed E-state index contributed by atoms with van der Waals surface area (Å²) in [6.07, 6.45) is 1.77. The molecule has 0 saturated carbocycles. The number of nitrogens with one attached hydrogen (secondary N) is 1. The maximum atomic E-state index is 9.93. The van der Waals surface area contributed by atoms with Crippen LogP contribution in [0.4, 0.5) is 0 Å². The van der Waals surface area contributed by atoms with E-state index >= 15 is 0 Å². The first-order valence-electron chi connectivity index (χ1n) is 8.42. The fraction of sp³-hybridized carbons (Fsp3) is 0.400. The lowest BCUT2D eigenvalue weighted by atomic mass is 9.88. The highest BCUT2D eigenvalue weighted by Crippen LogP contribution is 2.37. The van der Waals surface area contributed by atoms with Crippen LogP contribution in [0.5, 0.6) is 23.0 Å². The Balaban J connectivity index is 1.96. The first-order valence-corrected chi connectivity index (χ1v) is 8.42. The summed E-state index contributed by atoms with van der Waals surface area (Å²) in [7, 11) is 4.89. The molecule has 1 atom stereocenters. The number of phenols is 1. The third-order valence-electron chi connectivity index (χ3n) is 4.87. The number of ether oxygens (including phenoxy) is 3. The van der Waals surface area contributed by atoms with E-state index in [1.54, 1.807) is 27.4 Å². The maximum absolute atomic E-state index is 9.93. The van der Waals surface area contributed by atoms with Crippen LogP contribution in [0.15, 0.2) is 24.3 Å².